The number of hydrogen-bond acceptors (Lipinski definition) is 5. The van der Waals surface area contributed by atoms with E-state index in [0.717, 1.165) is 11.1 Å². The Morgan fingerprint density at radius 1 is 1.03 bits per heavy atom. The lowest BCUT2D eigenvalue weighted by Gasteiger charge is -2.21. The van der Waals surface area contributed by atoms with E-state index in [0.29, 0.717) is 19.4 Å². The van der Waals surface area contributed by atoms with Crippen molar-refractivity contribution in [2.45, 2.75) is 38.7 Å². The molecule has 2 aromatic carbocycles. The fourth-order valence-electron chi connectivity index (χ4n) is 4.70. The van der Waals surface area contributed by atoms with E-state index in [-0.39, 0.29) is 37.4 Å². The van der Waals surface area contributed by atoms with Crippen LogP contribution in [0.15, 0.2) is 48.5 Å². The minimum Gasteiger partial charge on any atom is -0.481 e. The van der Waals surface area contributed by atoms with E-state index in [1.54, 1.807) is 13.8 Å². The summed E-state index contributed by atoms with van der Waals surface area (Å²) in [5.74, 6) is -1.39. The number of aliphatic carboxylic acids is 1. The quantitative estimate of drug-likeness (QED) is 0.506. The molecule has 1 aliphatic carbocycles. The third-order valence-corrected chi connectivity index (χ3v) is 6.95. The predicted octanol–water partition coefficient (Wildman–Crippen LogP) is 3.55. The maximum atomic E-state index is 12.6. The van der Waals surface area contributed by atoms with Gasteiger partial charge in [-0.05, 0) is 48.9 Å². The van der Waals surface area contributed by atoms with Crippen molar-refractivity contribution in [1.82, 2.24) is 10.6 Å². The monoisotopic (exact) mass is 480 g/mol. The minimum absolute atomic E-state index is 0.0171. The van der Waals surface area contributed by atoms with Crippen molar-refractivity contribution in [3.63, 3.8) is 0 Å². The summed E-state index contributed by atoms with van der Waals surface area (Å²) in [4.78, 5) is 36.3. The van der Waals surface area contributed by atoms with Gasteiger partial charge < -0.3 is 25.2 Å². The molecule has 0 unspecified atom stereocenters. The maximum absolute atomic E-state index is 12.6. The van der Waals surface area contributed by atoms with Crippen LogP contribution in [0.3, 0.4) is 0 Å². The van der Waals surface area contributed by atoms with Crippen molar-refractivity contribution >= 4 is 18.0 Å². The van der Waals surface area contributed by atoms with E-state index >= 15 is 0 Å². The Balaban J connectivity index is 1.26. The van der Waals surface area contributed by atoms with Crippen molar-refractivity contribution < 1.29 is 29.0 Å². The van der Waals surface area contributed by atoms with Gasteiger partial charge in [0.2, 0.25) is 5.91 Å². The maximum Gasteiger partial charge on any atom is 0.407 e. The Morgan fingerprint density at radius 2 is 1.66 bits per heavy atom. The van der Waals surface area contributed by atoms with E-state index in [2.05, 4.69) is 34.9 Å². The normalized spacial score (nSPS) is 19.0. The number of carboxylic acid groups (broad SMARTS) is 1. The molecule has 0 aromatic heterocycles. The van der Waals surface area contributed by atoms with Gasteiger partial charge in [-0.1, -0.05) is 48.5 Å². The summed E-state index contributed by atoms with van der Waals surface area (Å²) in [5, 5.41) is 14.7. The summed E-state index contributed by atoms with van der Waals surface area (Å²) < 4.78 is 11.2. The van der Waals surface area contributed by atoms with E-state index in [4.69, 9.17) is 9.47 Å². The van der Waals surface area contributed by atoms with Gasteiger partial charge >= 0.3 is 12.1 Å². The highest BCUT2D eigenvalue weighted by Gasteiger charge is 2.35. The SMILES string of the molecule is CC(C)(CCNC(=O)[C@@H]1OCC[C@@H]1CNC(=O)OCC1c2ccccc2-c2ccccc21)C(=O)O. The van der Waals surface area contributed by atoms with Crippen molar-refractivity contribution in [3.05, 3.63) is 59.7 Å². The molecule has 2 atom stereocenters. The molecule has 1 fully saturated rings. The Hall–Kier alpha value is -3.39. The smallest absolute Gasteiger partial charge is 0.407 e. The molecule has 8 heteroatoms. The molecular weight excluding hydrogens is 448 g/mol. The number of nitrogens with one attached hydrogen (secondary N) is 2. The first-order chi connectivity index (χ1) is 16.8. The zero-order valence-corrected chi connectivity index (χ0v) is 20.1. The summed E-state index contributed by atoms with van der Waals surface area (Å²) in [6.07, 6.45) is -0.260. The molecule has 4 rings (SSSR count). The third kappa shape index (κ3) is 5.48. The van der Waals surface area contributed by atoms with E-state index in [9.17, 15) is 19.5 Å². The molecule has 0 saturated carbocycles. The lowest BCUT2D eigenvalue weighted by atomic mass is 9.89. The first-order valence-corrected chi connectivity index (χ1v) is 12.0. The summed E-state index contributed by atoms with van der Waals surface area (Å²) in [7, 11) is 0. The topological polar surface area (TPSA) is 114 Å². The second-order valence-corrected chi connectivity index (χ2v) is 9.78. The van der Waals surface area contributed by atoms with Crippen LogP contribution in [-0.2, 0) is 19.1 Å². The van der Waals surface area contributed by atoms with Crippen LogP contribution < -0.4 is 10.6 Å². The van der Waals surface area contributed by atoms with E-state index in [1.807, 2.05) is 24.3 Å². The van der Waals surface area contributed by atoms with Crippen LogP contribution in [0.1, 0.15) is 43.7 Å². The molecule has 0 spiro atoms. The fourth-order valence-corrected chi connectivity index (χ4v) is 4.70. The van der Waals surface area contributed by atoms with Crippen LogP contribution in [0.4, 0.5) is 4.79 Å². The molecule has 1 saturated heterocycles. The number of carboxylic acids is 1. The lowest BCUT2D eigenvalue weighted by Crippen LogP contribution is -2.43. The molecule has 0 radical (unpaired) electrons. The van der Waals surface area contributed by atoms with Gasteiger partial charge in [-0.25, -0.2) is 4.79 Å². The third-order valence-electron chi connectivity index (χ3n) is 6.95. The fraction of sp³-hybridized carbons (Fsp3) is 0.444. The standard InChI is InChI=1S/C27H32N2O6/c1-27(2,25(31)32)12-13-28-24(30)23-17(11-14-34-23)15-29-26(33)35-16-22-20-9-5-3-7-18(20)19-8-4-6-10-21(19)22/h3-10,17,22-23H,11-16H2,1-2H3,(H,28,30)(H,29,33)(H,31,32)/t17-,23-/m1/s1. The second-order valence-electron chi connectivity index (χ2n) is 9.78. The first-order valence-electron chi connectivity index (χ1n) is 12.0. The summed E-state index contributed by atoms with van der Waals surface area (Å²) in [6.45, 7) is 4.39. The molecule has 0 bridgehead atoms. The number of benzene rings is 2. The van der Waals surface area contributed by atoms with Crippen LogP contribution in [0.25, 0.3) is 11.1 Å². The number of ether oxygens (including phenoxy) is 2. The molecule has 2 aromatic rings. The van der Waals surface area contributed by atoms with E-state index in [1.165, 1.54) is 11.1 Å². The molecule has 2 amide bonds. The number of carbonyl (C=O) groups excluding carboxylic acids is 2. The second kappa shape index (κ2) is 10.5. The highest BCUT2D eigenvalue weighted by molar-refractivity contribution is 5.82. The van der Waals surface area contributed by atoms with Gasteiger partial charge in [0.15, 0.2) is 0 Å². The molecule has 3 N–H and O–H groups in total. The molecule has 186 valence electrons. The number of hydrogen-bond donors (Lipinski definition) is 3. The Kier molecular flexibility index (Phi) is 7.40. The number of carbonyl (C=O) groups is 3. The molecular formula is C27H32N2O6. The first kappa shape index (κ1) is 24.7. The molecule has 2 aliphatic rings. The largest absolute Gasteiger partial charge is 0.481 e. The van der Waals surface area contributed by atoms with Crippen molar-refractivity contribution in [2.24, 2.45) is 11.3 Å². The van der Waals surface area contributed by atoms with Crippen molar-refractivity contribution in [3.8, 4) is 11.1 Å². The van der Waals surface area contributed by atoms with Gasteiger partial charge in [0.05, 0.1) is 5.41 Å². The lowest BCUT2D eigenvalue weighted by molar-refractivity contribution is -0.147. The predicted molar refractivity (Wildman–Crippen MR) is 130 cm³/mol. The van der Waals surface area contributed by atoms with Crippen LogP contribution in [0.2, 0.25) is 0 Å². The van der Waals surface area contributed by atoms with Crippen molar-refractivity contribution in [1.29, 1.82) is 0 Å². The molecule has 1 aliphatic heterocycles. The number of amides is 2. The minimum atomic E-state index is -0.922. The van der Waals surface area contributed by atoms with Gasteiger partial charge in [0, 0.05) is 31.5 Å². The van der Waals surface area contributed by atoms with Gasteiger partial charge in [0.25, 0.3) is 0 Å². The summed E-state index contributed by atoms with van der Waals surface area (Å²) in [5.41, 5.74) is 3.71. The van der Waals surface area contributed by atoms with Crippen LogP contribution in [-0.4, -0.2) is 55.5 Å². The summed E-state index contributed by atoms with van der Waals surface area (Å²) >= 11 is 0. The van der Waals surface area contributed by atoms with Crippen LogP contribution >= 0.6 is 0 Å². The average molecular weight is 481 g/mol. The van der Waals surface area contributed by atoms with Gasteiger partial charge in [-0.15, -0.1) is 0 Å². The van der Waals surface area contributed by atoms with Crippen molar-refractivity contribution in [2.75, 3.05) is 26.3 Å². The number of rotatable bonds is 9. The van der Waals surface area contributed by atoms with Crippen LogP contribution in [0.5, 0.6) is 0 Å². The molecule has 35 heavy (non-hydrogen) atoms. The Bertz CT molecular complexity index is 1050. The zero-order valence-electron chi connectivity index (χ0n) is 20.1. The Morgan fingerprint density at radius 3 is 2.29 bits per heavy atom. The van der Waals surface area contributed by atoms with Gasteiger partial charge in [-0.2, -0.15) is 0 Å². The zero-order chi connectivity index (χ0) is 25.0. The number of alkyl carbamates (subject to hydrolysis) is 1. The van der Waals surface area contributed by atoms with Gasteiger partial charge in [0.1, 0.15) is 12.7 Å². The number of fused-ring (bicyclic) bond motifs is 3. The highest BCUT2D eigenvalue weighted by Crippen LogP contribution is 2.44. The molecule has 8 nitrogen and oxygen atoms in total. The molecule has 1 heterocycles. The summed E-state index contributed by atoms with van der Waals surface area (Å²) in [6, 6.07) is 16.3. The highest BCUT2D eigenvalue weighted by atomic mass is 16.5. The van der Waals surface area contributed by atoms with Crippen LogP contribution in [0, 0.1) is 11.3 Å². The Labute approximate surface area is 205 Å². The van der Waals surface area contributed by atoms with E-state index < -0.39 is 23.6 Å². The average Bonchev–Trinajstić information content (AvgIpc) is 3.44. The van der Waals surface area contributed by atoms with Gasteiger partial charge in [-0.3, -0.25) is 9.59 Å².